The molecule has 94 valence electrons. The number of aliphatic hydroxyl groups is 1. The van der Waals surface area contributed by atoms with Gasteiger partial charge < -0.3 is 15.5 Å². The van der Waals surface area contributed by atoms with Crippen LogP contribution in [0.4, 0.5) is 5.69 Å². The lowest BCUT2D eigenvalue weighted by atomic mass is 9.95. The standard InChI is InChI=1S/C12H16ClNO3/c1-12(2,7-15)6-14-10-5-8(13)3-4-9(10)11(16)17/h3-5,14-15H,6-7H2,1-2H3,(H,16,17). The number of halogens is 1. The Morgan fingerprint density at radius 2 is 2.12 bits per heavy atom. The van der Waals surface area contributed by atoms with Gasteiger partial charge in [-0.25, -0.2) is 4.79 Å². The molecule has 0 heterocycles. The molecule has 3 N–H and O–H groups in total. The summed E-state index contributed by atoms with van der Waals surface area (Å²) < 4.78 is 0. The van der Waals surface area contributed by atoms with Crippen molar-refractivity contribution in [1.82, 2.24) is 0 Å². The van der Waals surface area contributed by atoms with Crippen LogP contribution in [-0.2, 0) is 0 Å². The highest BCUT2D eigenvalue weighted by atomic mass is 35.5. The Hall–Kier alpha value is -1.26. The van der Waals surface area contributed by atoms with Crippen molar-refractivity contribution in [2.45, 2.75) is 13.8 Å². The molecule has 0 atom stereocenters. The van der Waals surface area contributed by atoms with E-state index < -0.39 is 5.97 Å². The summed E-state index contributed by atoms with van der Waals surface area (Å²) in [6.45, 7) is 4.24. The summed E-state index contributed by atoms with van der Waals surface area (Å²) in [5.74, 6) is -1.01. The maximum atomic E-state index is 11.0. The molecule has 4 nitrogen and oxygen atoms in total. The van der Waals surface area contributed by atoms with Gasteiger partial charge in [0.1, 0.15) is 0 Å². The van der Waals surface area contributed by atoms with Crippen molar-refractivity contribution in [3.63, 3.8) is 0 Å². The molecule has 1 aromatic rings. The van der Waals surface area contributed by atoms with E-state index in [1.807, 2.05) is 13.8 Å². The van der Waals surface area contributed by atoms with Crippen molar-refractivity contribution < 1.29 is 15.0 Å². The first-order valence-corrected chi connectivity index (χ1v) is 5.61. The summed E-state index contributed by atoms with van der Waals surface area (Å²) in [5.41, 5.74) is 0.313. The molecule has 0 bridgehead atoms. The van der Waals surface area contributed by atoms with Crippen molar-refractivity contribution >= 4 is 23.3 Å². The predicted molar refractivity (Wildman–Crippen MR) is 67.8 cm³/mol. The van der Waals surface area contributed by atoms with Crippen LogP contribution in [0.1, 0.15) is 24.2 Å². The van der Waals surface area contributed by atoms with Crippen LogP contribution in [0.2, 0.25) is 5.02 Å². The molecular weight excluding hydrogens is 242 g/mol. The molecule has 0 amide bonds. The second-order valence-corrected chi connectivity index (χ2v) is 5.11. The summed E-state index contributed by atoms with van der Waals surface area (Å²) in [4.78, 5) is 11.0. The van der Waals surface area contributed by atoms with Gasteiger partial charge in [0.05, 0.1) is 11.3 Å². The minimum absolute atomic E-state index is 0.0168. The third-order valence-electron chi connectivity index (χ3n) is 2.40. The molecule has 0 fully saturated rings. The number of carboxylic acid groups (broad SMARTS) is 1. The largest absolute Gasteiger partial charge is 0.478 e. The average Bonchev–Trinajstić information content (AvgIpc) is 2.26. The first-order chi connectivity index (χ1) is 7.85. The Bertz CT molecular complexity index is 418. The van der Waals surface area contributed by atoms with Crippen molar-refractivity contribution in [3.8, 4) is 0 Å². The number of benzene rings is 1. The van der Waals surface area contributed by atoms with Crippen LogP contribution in [0.15, 0.2) is 18.2 Å². The second-order valence-electron chi connectivity index (χ2n) is 4.67. The van der Waals surface area contributed by atoms with Crippen LogP contribution in [-0.4, -0.2) is 29.3 Å². The number of anilines is 1. The van der Waals surface area contributed by atoms with Crippen LogP contribution >= 0.6 is 11.6 Å². The van der Waals surface area contributed by atoms with Crippen molar-refractivity contribution in [1.29, 1.82) is 0 Å². The molecule has 1 aromatic carbocycles. The maximum Gasteiger partial charge on any atom is 0.337 e. The molecule has 0 spiro atoms. The topological polar surface area (TPSA) is 69.6 Å². The molecule has 1 rings (SSSR count). The molecule has 0 saturated heterocycles. The number of nitrogens with one attached hydrogen (secondary N) is 1. The highest BCUT2D eigenvalue weighted by Gasteiger charge is 2.18. The molecule has 0 aliphatic rings. The van der Waals surface area contributed by atoms with Gasteiger partial charge in [-0.2, -0.15) is 0 Å². The highest BCUT2D eigenvalue weighted by Crippen LogP contribution is 2.23. The van der Waals surface area contributed by atoms with E-state index in [1.54, 1.807) is 6.07 Å². The molecule has 0 radical (unpaired) electrons. The van der Waals surface area contributed by atoms with Crippen LogP contribution in [0.5, 0.6) is 0 Å². The smallest absolute Gasteiger partial charge is 0.337 e. The van der Waals surface area contributed by atoms with E-state index in [1.165, 1.54) is 12.1 Å². The summed E-state index contributed by atoms with van der Waals surface area (Å²) in [5, 5.41) is 21.6. The normalized spacial score (nSPS) is 11.3. The minimum Gasteiger partial charge on any atom is -0.478 e. The fourth-order valence-corrected chi connectivity index (χ4v) is 1.41. The molecule has 0 aliphatic heterocycles. The van der Waals surface area contributed by atoms with Crippen molar-refractivity contribution in [2.24, 2.45) is 5.41 Å². The van der Waals surface area contributed by atoms with Crippen LogP contribution in [0.3, 0.4) is 0 Å². The lowest BCUT2D eigenvalue weighted by Crippen LogP contribution is -2.27. The summed E-state index contributed by atoms with van der Waals surface area (Å²) >= 11 is 5.82. The van der Waals surface area contributed by atoms with Gasteiger partial charge in [0.2, 0.25) is 0 Å². The summed E-state index contributed by atoms with van der Waals surface area (Å²) in [7, 11) is 0. The fraction of sp³-hybridized carbons (Fsp3) is 0.417. The molecule has 0 saturated carbocycles. The van der Waals surface area contributed by atoms with Gasteiger partial charge >= 0.3 is 5.97 Å². The van der Waals surface area contributed by atoms with Gasteiger partial charge in [0.25, 0.3) is 0 Å². The fourth-order valence-electron chi connectivity index (χ4n) is 1.24. The number of hydrogen-bond acceptors (Lipinski definition) is 3. The first kappa shape index (κ1) is 13.8. The Morgan fingerprint density at radius 1 is 1.47 bits per heavy atom. The number of carboxylic acids is 1. The van der Waals surface area contributed by atoms with E-state index in [9.17, 15) is 4.79 Å². The molecule has 0 aliphatic carbocycles. The minimum atomic E-state index is -1.01. The van der Waals surface area contributed by atoms with E-state index in [0.717, 1.165) is 0 Å². The zero-order chi connectivity index (χ0) is 13.1. The van der Waals surface area contributed by atoms with Gasteiger partial charge in [-0.3, -0.25) is 0 Å². The van der Waals surface area contributed by atoms with Gasteiger partial charge in [0, 0.05) is 23.6 Å². The Balaban J connectivity index is 2.89. The lowest BCUT2D eigenvalue weighted by Gasteiger charge is -2.23. The number of hydrogen-bond donors (Lipinski definition) is 3. The molecule has 0 unspecified atom stereocenters. The Labute approximate surface area is 105 Å². The quantitative estimate of drug-likeness (QED) is 0.758. The zero-order valence-electron chi connectivity index (χ0n) is 9.83. The Morgan fingerprint density at radius 3 is 2.65 bits per heavy atom. The third kappa shape index (κ3) is 3.91. The maximum absolute atomic E-state index is 11.0. The van der Waals surface area contributed by atoms with Gasteiger partial charge in [0.15, 0.2) is 0 Å². The van der Waals surface area contributed by atoms with E-state index in [-0.39, 0.29) is 17.6 Å². The number of carbonyl (C=O) groups is 1. The predicted octanol–water partition coefficient (Wildman–Crippen LogP) is 2.47. The Kier molecular flexibility index (Phi) is 4.37. The molecular formula is C12H16ClNO3. The van der Waals surface area contributed by atoms with Crippen LogP contribution in [0, 0.1) is 5.41 Å². The first-order valence-electron chi connectivity index (χ1n) is 5.23. The van der Waals surface area contributed by atoms with Crippen molar-refractivity contribution in [2.75, 3.05) is 18.5 Å². The molecule has 17 heavy (non-hydrogen) atoms. The molecule has 5 heteroatoms. The highest BCUT2D eigenvalue weighted by molar-refractivity contribution is 6.31. The number of aromatic carboxylic acids is 1. The van der Waals surface area contributed by atoms with E-state index in [4.69, 9.17) is 21.8 Å². The number of rotatable bonds is 5. The van der Waals surface area contributed by atoms with Gasteiger partial charge in [-0.1, -0.05) is 25.4 Å². The zero-order valence-corrected chi connectivity index (χ0v) is 10.6. The summed E-state index contributed by atoms with van der Waals surface area (Å²) in [6.07, 6.45) is 0. The van der Waals surface area contributed by atoms with Gasteiger partial charge in [-0.05, 0) is 18.2 Å². The lowest BCUT2D eigenvalue weighted by molar-refractivity contribution is 0.0698. The molecule has 0 aromatic heterocycles. The monoisotopic (exact) mass is 257 g/mol. The third-order valence-corrected chi connectivity index (χ3v) is 2.63. The van der Waals surface area contributed by atoms with E-state index >= 15 is 0 Å². The van der Waals surface area contributed by atoms with E-state index in [0.29, 0.717) is 17.3 Å². The van der Waals surface area contributed by atoms with Crippen LogP contribution < -0.4 is 5.32 Å². The van der Waals surface area contributed by atoms with E-state index in [2.05, 4.69) is 5.32 Å². The number of aliphatic hydroxyl groups excluding tert-OH is 1. The van der Waals surface area contributed by atoms with Crippen LogP contribution in [0.25, 0.3) is 0 Å². The van der Waals surface area contributed by atoms with Crippen molar-refractivity contribution in [3.05, 3.63) is 28.8 Å². The summed E-state index contributed by atoms with van der Waals surface area (Å²) in [6, 6.07) is 4.56. The average molecular weight is 258 g/mol. The SMILES string of the molecule is CC(C)(CO)CNc1cc(Cl)ccc1C(=O)O. The van der Waals surface area contributed by atoms with Gasteiger partial charge in [-0.15, -0.1) is 0 Å². The second kappa shape index (κ2) is 5.38.